The Morgan fingerprint density at radius 1 is 1.17 bits per heavy atom. The van der Waals surface area contributed by atoms with E-state index in [1.54, 1.807) is 0 Å². The first-order chi connectivity index (χ1) is 11.1. The smallest absolute Gasteiger partial charge is 0.258 e. The summed E-state index contributed by atoms with van der Waals surface area (Å²) in [4.78, 5) is 12.1. The number of hydrogen-bond acceptors (Lipinski definition) is 2. The van der Waals surface area contributed by atoms with Crippen molar-refractivity contribution < 1.29 is 9.53 Å². The monoisotopic (exact) mass is 375 g/mol. The maximum atomic E-state index is 12.1. The van der Waals surface area contributed by atoms with E-state index in [1.165, 1.54) is 5.56 Å². The van der Waals surface area contributed by atoms with Crippen molar-refractivity contribution in [1.29, 1.82) is 0 Å². The summed E-state index contributed by atoms with van der Waals surface area (Å²) < 4.78 is 6.50. The quantitative estimate of drug-likeness (QED) is 0.764. The summed E-state index contributed by atoms with van der Waals surface area (Å²) in [5.74, 6) is 0.567. The Bertz CT molecular complexity index is 643. The number of ether oxygens (including phenoxy) is 1. The van der Waals surface area contributed by atoms with Crippen LogP contribution in [-0.2, 0) is 11.2 Å². The SMILES string of the molecule is CCc1ccc(OCC(=O)N[C@@H](CC)c2ccccc2)c(Br)c1. The van der Waals surface area contributed by atoms with E-state index < -0.39 is 0 Å². The predicted octanol–water partition coefficient (Wildman–Crippen LogP) is 4.66. The molecule has 1 atom stereocenters. The second kappa shape index (κ2) is 8.73. The van der Waals surface area contributed by atoms with Crippen LogP contribution in [0.5, 0.6) is 5.75 Å². The lowest BCUT2D eigenvalue weighted by Crippen LogP contribution is -2.32. The molecule has 1 amide bonds. The van der Waals surface area contributed by atoms with Crippen LogP contribution in [-0.4, -0.2) is 12.5 Å². The zero-order valence-corrected chi connectivity index (χ0v) is 15.1. The molecule has 3 nitrogen and oxygen atoms in total. The molecule has 4 heteroatoms. The van der Waals surface area contributed by atoms with Gasteiger partial charge in [0, 0.05) is 0 Å². The summed E-state index contributed by atoms with van der Waals surface area (Å²) in [5, 5.41) is 3.02. The van der Waals surface area contributed by atoms with E-state index >= 15 is 0 Å². The number of rotatable bonds is 7. The van der Waals surface area contributed by atoms with Gasteiger partial charge in [0.25, 0.3) is 5.91 Å². The molecule has 0 radical (unpaired) electrons. The maximum Gasteiger partial charge on any atom is 0.258 e. The van der Waals surface area contributed by atoms with Gasteiger partial charge in [-0.25, -0.2) is 0 Å². The lowest BCUT2D eigenvalue weighted by Gasteiger charge is -2.18. The molecule has 122 valence electrons. The van der Waals surface area contributed by atoms with Crippen LogP contribution in [0, 0.1) is 0 Å². The van der Waals surface area contributed by atoms with E-state index in [2.05, 4.69) is 35.1 Å². The molecule has 0 spiro atoms. The summed E-state index contributed by atoms with van der Waals surface area (Å²) in [5.41, 5.74) is 2.33. The second-order valence-corrected chi connectivity index (χ2v) is 6.20. The van der Waals surface area contributed by atoms with Gasteiger partial charge in [0.15, 0.2) is 6.61 Å². The number of nitrogens with one attached hydrogen (secondary N) is 1. The molecule has 0 saturated heterocycles. The molecule has 0 bridgehead atoms. The Morgan fingerprint density at radius 2 is 1.91 bits per heavy atom. The van der Waals surface area contributed by atoms with Gasteiger partial charge in [-0.05, 0) is 52.0 Å². The molecule has 0 aliphatic rings. The first kappa shape index (κ1) is 17.5. The highest BCUT2D eigenvalue weighted by Crippen LogP contribution is 2.26. The standard InChI is InChI=1S/C19H22BrNO2/c1-3-14-10-11-18(16(20)12-14)23-13-19(22)21-17(4-2)15-8-6-5-7-9-15/h5-12,17H,3-4,13H2,1-2H3,(H,21,22)/t17-/m0/s1. The number of halogens is 1. The summed E-state index contributed by atoms with van der Waals surface area (Å²) in [6.45, 7) is 4.16. The van der Waals surface area contributed by atoms with Crippen molar-refractivity contribution in [3.63, 3.8) is 0 Å². The number of amides is 1. The molecule has 0 aromatic heterocycles. The average Bonchev–Trinajstić information content (AvgIpc) is 2.59. The Labute approximate surface area is 146 Å². The highest BCUT2D eigenvalue weighted by atomic mass is 79.9. The van der Waals surface area contributed by atoms with Gasteiger partial charge in [0.2, 0.25) is 0 Å². The Morgan fingerprint density at radius 3 is 2.52 bits per heavy atom. The molecule has 0 aliphatic carbocycles. The fourth-order valence-electron chi connectivity index (χ4n) is 2.37. The van der Waals surface area contributed by atoms with Crippen molar-refractivity contribution in [1.82, 2.24) is 5.32 Å². The number of carbonyl (C=O) groups excluding carboxylic acids is 1. The van der Waals surface area contributed by atoms with Gasteiger partial charge in [-0.15, -0.1) is 0 Å². The molecule has 0 aliphatic heterocycles. The lowest BCUT2D eigenvalue weighted by atomic mass is 10.0. The third-order valence-electron chi connectivity index (χ3n) is 3.71. The molecule has 0 saturated carbocycles. The van der Waals surface area contributed by atoms with E-state index in [0.29, 0.717) is 5.75 Å². The van der Waals surface area contributed by atoms with Crippen LogP contribution < -0.4 is 10.1 Å². The Kier molecular flexibility index (Phi) is 6.66. The minimum absolute atomic E-state index is 0.00735. The van der Waals surface area contributed by atoms with E-state index in [0.717, 1.165) is 22.9 Å². The molecule has 0 unspecified atom stereocenters. The highest BCUT2D eigenvalue weighted by Gasteiger charge is 2.13. The van der Waals surface area contributed by atoms with Crippen molar-refractivity contribution in [2.45, 2.75) is 32.7 Å². The highest BCUT2D eigenvalue weighted by molar-refractivity contribution is 9.10. The van der Waals surface area contributed by atoms with Crippen LogP contribution in [0.2, 0.25) is 0 Å². The van der Waals surface area contributed by atoms with Gasteiger partial charge >= 0.3 is 0 Å². The topological polar surface area (TPSA) is 38.3 Å². The number of hydrogen-bond donors (Lipinski definition) is 1. The van der Waals surface area contributed by atoms with Crippen molar-refractivity contribution in [3.8, 4) is 5.75 Å². The third kappa shape index (κ3) is 5.10. The third-order valence-corrected chi connectivity index (χ3v) is 4.33. The molecule has 0 fully saturated rings. The molecule has 23 heavy (non-hydrogen) atoms. The van der Waals surface area contributed by atoms with Crippen molar-refractivity contribution >= 4 is 21.8 Å². The van der Waals surface area contributed by atoms with Crippen LogP contribution in [0.15, 0.2) is 53.0 Å². The van der Waals surface area contributed by atoms with E-state index in [1.807, 2.05) is 48.5 Å². The lowest BCUT2D eigenvalue weighted by molar-refractivity contribution is -0.123. The normalized spacial score (nSPS) is 11.8. The van der Waals surface area contributed by atoms with E-state index in [4.69, 9.17) is 4.74 Å². The van der Waals surface area contributed by atoms with Crippen LogP contribution >= 0.6 is 15.9 Å². The molecular weight excluding hydrogens is 354 g/mol. The van der Waals surface area contributed by atoms with Gasteiger partial charge in [0.1, 0.15) is 5.75 Å². The second-order valence-electron chi connectivity index (χ2n) is 5.35. The van der Waals surface area contributed by atoms with Crippen LogP contribution in [0.25, 0.3) is 0 Å². The fraction of sp³-hybridized carbons (Fsp3) is 0.316. The summed E-state index contributed by atoms with van der Waals surface area (Å²) in [6.07, 6.45) is 1.80. The molecule has 2 aromatic rings. The minimum Gasteiger partial charge on any atom is -0.483 e. The van der Waals surface area contributed by atoms with Crippen molar-refractivity contribution in [3.05, 3.63) is 64.1 Å². The molecule has 2 rings (SSSR count). The van der Waals surface area contributed by atoms with Crippen molar-refractivity contribution in [2.75, 3.05) is 6.61 Å². The van der Waals surface area contributed by atoms with Crippen molar-refractivity contribution in [2.24, 2.45) is 0 Å². The summed E-state index contributed by atoms with van der Waals surface area (Å²) >= 11 is 3.48. The zero-order chi connectivity index (χ0) is 16.7. The number of aryl methyl sites for hydroxylation is 1. The van der Waals surface area contributed by atoms with Crippen LogP contribution in [0.4, 0.5) is 0 Å². The maximum absolute atomic E-state index is 12.1. The first-order valence-electron chi connectivity index (χ1n) is 7.89. The summed E-state index contributed by atoms with van der Waals surface area (Å²) in [7, 11) is 0. The first-order valence-corrected chi connectivity index (χ1v) is 8.68. The Hall–Kier alpha value is -1.81. The minimum atomic E-state index is -0.118. The summed E-state index contributed by atoms with van der Waals surface area (Å²) in [6, 6.07) is 15.9. The molecule has 0 heterocycles. The van der Waals surface area contributed by atoms with Gasteiger partial charge in [-0.3, -0.25) is 4.79 Å². The molecular formula is C19H22BrNO2. The predicted molar refractivity (Wildman–Crippen MR) is 96.6 cm³/mol. The molecule has 1 N–H and O–H groups in total. The largest absolute Gasteiger partial charge is 0.483 e. The van der Waals surface area contributed by atoms with Gasteiger partial charge in [-0.1, -0.05) is 50.2 Å². The Balaban J connectivity index is 1.92. The van der Waals surface area contributed by atoms with Crippen LogP contribution in [0.3, 0.4) is 0 Å². The van der Waals surface area contributed by atoms with E-state index in [9.17, 15) is 4.79 Å². The van der Waals surface area contributed by atoms with Gasteiger partial charge < -0.3 is 10.1 Å². The number of benzene rings is 2. The van der Waals surface area contributed by atoms with Gasteiger partial charge in [0.05, 0.1) is 10.5 Å². The van der Waals surface area contributed by atoms with E-state index in [-0.39, 0.29) is 18.6 Å². The van der Waals surface area contributed by atoms with Crippen LogP contribution in [0.1, 0.15) is 37.4 Å². The molecule has 2 aromatic carbocycles. The van der Waals surface area contributed by atoms with Gasteiger partial charge in [-0.2, -0.15) is 0 Å². The zero-order valence-electron chi connectivity index (χ0n) is 13.5. The number of carbonyl (C=O) groups is 1. The average molecular weight is 376 g/mol. The fourth-order valence-corrected chi connectivity index (χ4v) is 2.91.